The van der Waals surface area contributed by atoms with Gasteiger partial charge in [-0.05, 0) is 17.5 Å². The molecule has 2 rings (SSSR count). The predicted molar refractivity (Wildman–Crippen MR) is 89.0 cm³/mol. The summed E-state index contributed by atoms with van der Waals surface area (Å²) in [6.07, 6.45) is 0.518. The molecule has 0 heterocycles. The topological polar surface area (TPSA) is 82.1 Å². The van der Waals surface area contributed by atoms with E-state index >= 15 is 0 Å². The maximum absolute atomic E-state index is 12.5. The highest BCUT2D eigenvalue weighted by atomic mass is 16.2. The third-order valence-corrected chi connectivity index (χ3v) is 3.35. The molecule has 0 aromatic heterocycles. The van der Waals surface area contributed by atoms with E-state index in [0.29, 0.717) is 6.42 Å². The van der Waals surface area contributed by atoms with E-state index < -0.39 is 11.8 Å². The molecule has 0 aliphatic heterocycles. The molecule has 0 spiro atoms. The van der Waals surface area contributed by atoms with Gasteiger partial charge in [-0.2, -0.15) is 0 Å². The maximum Gasteiger partial charge on any atom is 0.234 e. The van der Waals surface area contributed by atoms with Crippen molar-refractivity contribution in [2.24, 2.45) is 0 Å². The highest BCUT2D eigenvalue weighted by Crippen LogP contribution is 2.21. The van der Waals surface area contributed by atoms with E-state index in [4.69, 9.17) is 5.41 Å². The summed E-state index contributed by atoms with van der Waals surface area (Å²) >= 11 is 0. The van der Waals surface area contributed by atoms with Gasteiger partial charge in [-0.1, -0.05) is 60.7 Å². The number of carbonyl (C=O) groups is 2. The van der Waals surface area contributed by atoms with Gasteiger partial charge in [0.2, 0.25) is 17.8 Å². The van der Waals surface area contributed by atoms with E-state index in [9.17, 15) is 9.59 Å². The van der Waals surface area contributed by atoms with Crippen molar-refractivity contribution in [3.8, 4) is 0 Å². The van der Waals surface area contributed by atoms with E-state index in [2.05, 4.69) is 10.6 Å². The summed E-state index contributed by atoms with van der Waals surface area (Å²) < 4.78 is 0. The van der Waals surface area contributed by atoms with Gasteiger partial charge in [-0.3, -0.25) is 25.6 Å². The molecule has 118 valence electrons. The van der Waals surface area contributed by atoms with Crippen molar-refractivity contribution in [1.29, 1.82) is 5.41 Å². The zero-order valence-corrected chi connectivity index (χ0v) is 12.9. The molecule has 0 fully saturated rings. The van der Waals surface area contributed by atoms with Crippen LogP contribution in [-0.4, -0.2) is 17.8 Å². The number of benzene rings is 2. The van der Waals surface area contributed by atoms with Gasteiger partial charge in [-0.25, -0.2) is 0 Å². The number of amides is 2. The second-order valence-corrected chi connectivity index (χ2v) is 5.20. The monoisotopic (exact) mass is 309 g/mol. The Kier molecular flexibility index (Phi) is 5.63. The van der Waals surface area contributed by atoms with Crippen molar-refractivity contribution >= 4 is 17.8 Å². The number of guanidine groups is 1. The molecule has 23 heavy (non-hydrogen) atoms. The summed E-state index contributed by atoms with van der Waals surface area (Å²) in [6, 6.07) is 19.1. The predicted octanol–water partition coefficient (Wildman–Crippen LogP) is 2.20. The highest BCUT2D eigenvalue weighted by molar-refractivity contribution is 6.04. The molecule has 0 aliphatic carbocycles. The quantitative estimate of drug-likeness (QED) is 0.598. The molecule has 0 saturated heterocycles. The Morgan fingerprint density at radius 2 is 1.52 bits per heavy atom. The number of rotatable bonds is 4. The van der Waals surface area contributed by atoms with Crippen LogP contribution < -0.4 is 10.6 Å². The average Bonchev–Trinajstić information content (AvgIpc) is 2.53. The summed E-state index contributed by atoms with van der Waals surface area (Å²) in [7, 11) is 0. The van der Waals surface area contributed by atoms with E-state index in [0.717, 1.165) is 11.1 Å². The Morgan fingerprint density at radius 1 is 0.957 bits per heavy atom. The van der Waals surface area contributed by atoms with Crippen molar-refractivity contribution in [3.63, 3.8) is 0 Å². The summed E-state index contributed by atoms with van der Waals surface area (Å²) in [4.78, 5) is 23.5. The van der Waals surface area contributed by atoms with Crippen LogP contribution in [0.3, 0.4) is 0 Å². The highest BCUT2D eigenvalue weighted by Gasteiger charge is 2.22. The summed E-state index contributed by atoms with van der Waals surface area (Å²) in [6.45, 7) is 1.29. The molecule has 0 bridgehead atoms. The third-order valence-electron chi connectivity index (χ3n) is 3.35. The van der Waals surface area contributed by atoms with Gasteiger partial charge >= 0.3 is 0 Å². The van der Waals surface area contributed by atoms with Crippen LogP contribution in [-0.2, 0) is 16.0 Å². The van der Waals surface area contributed by atoms with Crippen LogP contribution in [0.5, 0.6) is 0 Å². The van der Waals surface area contributed by atoms with Gasteiger partial charge in [-0.15, -0.1) is 0 Å². The molecule has 0 saturated carbocycles. The zero-order valence-electron chi connectivity index (χ0n) is 12.9. The van der Waals surface area contributed by atoms with Crippen molar-refractivity contribution in [2.45, 2.75) is 19.3 Å². The lowest BCUT2D eigenvalue weighted by Crippen LogP contribution is -2.44. The fourth-order valence-electron chi connectivity index (χ4n) is 2.31. The van der Waals surface area contributed by atoms with Crippen molar-refractivity contribution in [1.82, 2.24) is 10.6 Å². The molecule has 2 aromatic rings. The lowest BCUT2D eigenvalue weighted by Gasteiger charge is -2.18. The summed E-state index contributed by atoms with van der Waals surface area (Å²) in [5.41, 5.74) is 1.90. The molecule has 5 nitrogen and oxygen atoms in total. The Bertz CT molecular complexity index is 684. The van der Waals surface area contributed by atoms with Gasteiger partial charge in [0, 0.05) is 6.92 Å². The van der Waals surface area contributed by atoms with Crippen molar-refractivity contribution < 1.29 is 9.59 Å². The smallest absolute Gasteiger partial charge is 0.234 e. The van der Waals surface area contributed by atoms with Crippen LogP contribution in [0.4, 0.5) is 0 Å². The van der Waals surface area contributed by atoms with Crippen LogP contribution in [0, 0.1) is 5.41 Å². The molecule has 0 radical (unpaired) electrons. The molecule has 0 aliphatic rings. The van der Waals surface area contributed by atoms with E-state index in [-0.39, 0.29) is 11.9 Å². The average molecular weight is 309 g/mol. The van der Waals surface area contributed by atoms with Crippen LogP contribution in [0.2, 0.25) is 0 Å². The first-order valence-electron chi connectivity index (χ1n) is 7.32. The molecule has 5 heteroatoms. The second-order valence-electron chi connectivity index (χ2n) is 5.20. The van der Waals surface area contributed by atoms with E-state index in [1.54, 1.807) is 0 Å². The standard InChI is InChI=1S/C18H19N3O2/c1-13(22)20-18(19)21-17(23)16(15-10-6-3-7-11-15)12-14-8-4-2-5-9-14/h2-11,16H,12H2,1H3,(H3,19,20,21,22,23)/t16-/m1/s1. The molecule has 0 unspecified atom stereocenters. The Morgan fingerprint density at radius 3 is 2.09 bits per heavy atom. The number of hydrogen-bond donors (Lipinski definition) is 3. The number of nitrogens with one attached hydrogen (secondary N) is 3. The molecule has 1 atom stereocenters. The fraction of sp³-hybridized carbons (Fsp3) is 0.167. The Labute approximate surface area is 135 Å². The third kappa shape index (κ3) is 5.07. The molecule has 2 amide bonds. The maximum atomic E-state index is 12.5. The van der Waals surface area contributed by atoms with Crippen LogP contribution >= 0.6 is 0 Å². The van der Waals surface area contributed by atoms with Crippen LogP contribution in [0.1, 0.15) is 24.0 Å². The zero-order chi connectivity index (χ0) is 16.7. The molecular formula is C18H19N3O2. The van der Waals surface area contributed by atoms with Crippen LogP contribution in [0.15, 0.2) is 60.7 Å². The molecule has 3 N–H and O–H groups in total. The number of carbonyl (C=O) groups excluding carboxylic acids is 2. The van der Waals surface area contributed by atoms with Gasteiger partial charge < -0.3 is 0 Å². The minimum absolute atomic E-state index is 0.309. The lowest BCUT2D eigenvalue weighted by atomic mass is 9.91. The van der Waals surface area contributed by atoms with Crippen LogP contribution in [0.25, 0.3) is 0 Å². The van der Waals surface area contributed by atoms with Gasteiger partial charge in [0.05, 0.1) is 5.92 Å². The van der Waals surface area contributed by atoms with Crippen molar-refractivity contribution in [3.05, 3.63) is 71.8 Å². The van der Waals surface area contributed by atoms with E-state index in [1.807, 2.05) is 60.7 Å². The SMILES string of the molecule is CC(=O)NC(=N)NC(=O)[C@H](Cc1ccccc1)c1ccccc1. The Hall–Kier alpha value is -2.95. The summed E-state index contributed by atoms with van der Waals surface area (Å²) in [5.74, 6) is -1.46. The van der Waals surface area contributed by atoms with Gasteiger partial charge in [0.15, 0.2) is 0 Å². The first-order valence-corrected chi connectivity index (χ1v) is 7.32. The Balaban J connectivity index is 2.18. The second kappa shape index (κ2) is 7.89. The number of hydrogen-bond acceptors (Lipinski definition) is 3. The molecular weight excluding hydrogens is 290 g/mol. The normalized spacial score (nSPS) is 11.3. The minimum atomic E-state index is -0.437. The molecule has 2 aromatic carbocycles. The van der Waals surface area contributed by atoms with Crippen molar-refractivity contribution in [2.75, 3.05) is 0 Å². The first-order chi connectivity index (χ1) is 11.1. The fourth-order valence-corrected chi connectivity index (χ4v) is 2.31. The summed E-state index contributed by atoms with van der Waals surface area (Å²) in [5, 5.41) is 12.3. The minimum Gasteiger partial charge on any atom is -0.297 e. The van der Waals surface area contributed by atoms with Gasteiger partial charge in [0.25, 0.3) is 0 Å². The first kappa shape index (κ1) is 16.4. The van der Waals surface area contributed by atoms with E-state index in [1.165, 1.54) is 6.92 Å². The van der Waals surface area contributed by atoms with Gasteiger partial charge in [0.1, 0.15) is 0 Å². The lowest BCUT2D eigenvalue weighted by molar-refractivity contribution is -0.121. The largest absolute Gasteiger partial charge is 0.297 e.